The van der Waals surface area contributed by atoms with Gasteiger partial charge in [-0.1, -0.05) is 94.4 Å². The maximum Gasteiger partial charge on any atom is 0.227 e. The van der Waals surface area contributed by atoms with E-state index in [0.717, 1.165) is 94.2 Å². The molecule has 0 aliphatic carbocycles. The smallest absolute Gasteiger partial charge is 0.227 e. The molecule has 0 radical (unpaired) electrons. The normalized spacial score (nSPS) is 18.1. The lowest BCUT2D eigenvalue weighted by atomic mass is 9.92. The monoisotopic (exact) mass is 1030 g/mol. The number of fused-ring (bicyclic) bond motifs is 9. The van der Waals surface area contributed by atoms with Crippen molar-refractivity contribution in [1.82, 2.24) is 19.8 Å². The molecule has 0 saturated heterocycles. The Morgan fingerprint density at radius 1 is 0.442 bits per heavy atom. The highest BCUT2D eigenvalue weighted by Crippen LogP contribution is 2.45. The highest BCUT2D eigenvalue weighted by Gasteiger charge is 2.32. The van der Waals surface area contributed by atoms with Crippen LogP contribution in [-0.2, 0) is 0 Å². The van der Waals surface area contributed by atoms with E-state index in [1.165, 1.54) is 32.8 Å². The molecule has 5 aromatic carbocycles. The van der Waals surface area contributed by atoms with Crippen molar-refractivity contribution in [2.24, 2.45) is 0 Å². The van der Waals surface area contributed by atoms with Gasteiger partial charge in [-0.2, -0.15) is 0 Å². The van der Waals surface area contributed by atoms with Crippen LogP contribution in [0, 0.1) is 41.5 Å². The topological polar surface area (TPSA) is 84.6 Å². The molecule has 3 aliphatic rings. The Kier molecular flexibility index (Phi) is 12.1. The summed E-state index contributed by atoms with van der Waals surface area (Å²) in [4.78, 5) is 21.7. The number of aromatic nitrogens is 2. The van der Waals surface area contributed by atoms with Crippen molar-refractivity contribution in [3.8, 4) is 0 Å². The van der Waals surface area contributed by atoms with E-state index >= 15 is 0 Å². The fourth-order valence-corrected chi connectivity index (χ4v) is 11.3. The van der Waals surface area contributed by atoms with Crippen LogP contribution >= 0.6 is 0 Å². The maximum atomic E-state index is 7.70. The minimum atomic E-state index is -2.17. The second-order valence-electron chi connectivity index (χ2n) is 21.8. The zero-order valence-corrected chi connectivity index (χ0v) is 46.9. The van der Waals surface area contributed by atoms with Crippen LogP contribution in [0.4, 0.5) is 22.7 Å². The highest BCUT2D eigenvalue weighted by atomic mass is 16.3. The summed E-state index contributed by atoms with van der Waals surface area (Å²) in [7, 11) is 2.08. The Hall–Kier alpha value is -8.18. The minimum absolute atomic E-state index is 0.120. The Bertz CT molecular complexity index is 4100. The molecule has 0 amide bonds. The molecule has 0 bridgehead atoms. The standard InChI is InChI=1S/C29H33N3O.C19H20N2O.C18H19N3O/c1-17(2)22-9-8-10-23(18(3)4)27(22)32-16-15-31(21(32)7)26-19(5)11-13-24-25-14-12-20(6)30-29(25)33-28(24)26;1-12-5-7-15-16-8-6-13(2)18(19(16)22-17(15)11-12)21-10-9-20(4)14(21)3;1-11-5-7-14-15-8-6-12(2)19-18(15)22-17(14)16(11)21-10-9-20(4)13(21)3/h8-18,21H,1-7H3;5-11,14H,1-4H3;5-10,13H,1-4H3/t21-;14-;13-/m100/s1/i;4D3;. The van der Waals surface area contributed by atoms with Crippen molar-refractivity contribution in [1.29, 1.82) is 0 Å². The minimum Gasteiger partial charge on any atom is -0.454 e. The van der Waals surface area contributed by atoms with Crippen molar-refractivity contribution >= 4 is 88.8 Å². The van der Waals surface area contributed by atoms with Gasteiger partial charge in [0.1, 0.15) is 24.1 Å². The van der Waals surface area contributed by atoms with E-state index < -0.39 is 6.98 Å². The SMILES string of the molecule is Cc1ccc2c(n1)oc1c(N3C=CN(C)[C@@H]3C)c(C)ccc12.Cc1ccc2c(n1)oc1c(N3C=CN(c4c(C(C)C)cccc4C(C)C)[C@@H]3C)c(C)ccc12.[2H]C([2H])([2H])N1C=CN(c2c(C)ccc3c2oc2cc(C)ccc23)[C@H]1C. The highest BCUT2D eigenvalue weighted by molar-refractivity contribution is 6.11. The van der Waals surface area contributed by atoms with E-state index in [4.69, 9.17) is 17.4 Å². The maximum absolute atomic E-state index is 7.70. The number of hydrogen-bond acceptors (Lipinski definition) is 11. The lowest BCUT2D eigenvalue weighted by Crippen LogP contribution is -2.37. The molecule has 394 valence electrons. The summed E-state index contributed by atoms with van der Waals surface area (Å²) in [6.45, 7) is 25.6. The number of anilines is 4. The van der Waals surface area contributed by atoms with Gasteiger partial charge in [-0.05, 0) is 138 Å². The van der Waals surface area contributed by atoms with E-state index in [2.05, 4.69) is 196 Å². The van der Waals surface area contributed by atoms with Crippen molar-refractivity contribution in [3.05, 3.63) is 179 Å². The fraction of sp³-hybridized carbons (Fsp3) is 0.303. The van der Waals surface area contributed by atoms with Gasteiger partial charge in [0.25, 0.3) is 0 Å². The molecule has 11 nitrogen and oxygen atoms in total. The predicted octanol–water partition coefficient (Wildman–Crippen LogP) is 16.9. The van der Waals surface area contributed by atoms with Crippen molar-refractivity contribution in [2.75, 3.05) is 33.6 Å². The Morgan fingerprint density at radius 3 is 1.30 bits per heavy atom. The summed E-state index contributed by atoms with van der Waals surface area (Å²) in [6.07, 6.45) is 12.1. The van der Waals surface area contributed by atoms with Crippen LogP contribution in [-0.4, -0.2) is 52.3 Å². The van der Waals surface area contributed by atoms with E-state index in [0.29, 0.717) is 23.3 Å². The third kappa shape index (κ3) is 8.79. The first-order valence-corrected chi connectivity index (χ1v) is 26.9. The van der Waals surface area contributed by atoms with Gasteiger partial charge in [0.05, 0.1) is 17.1 Å². The van der Waals surface area contributed by atoms with Crippen LogP contribution in [0.1, 0.15) is 109 Å². The Labute approximate surface area is 457 Å². The van der Waals surface area contributed by atoms with Crippen LogP contribution in [0.2, 0.25) is 0 Å². The molecule has 8 heterocycles. The third-order valence-electron chi connectivity index (χ3n) is 15.8. The number of benzene rings is 5. The Morgan fingerprint density at radius 2 is 0.844 bits per heavy atom. The van der Waals surface area contributed by atoms with Gasteiger partial charge in [-0.25, -0.2) is 9.97 Å². The quantitative estimate of drug-likeness (QED) is 0.160. The Balaban J connectivity index is 0.000000130. The van der Waals surface area contributed by atoms with Gasteiger partial charge < -0.3 is 42.7 Å². The van der Waals surface area contributed by atoms with E-state index in [-0.39, 0.29) is 18.5 Å². The van der Waals surface area contributed by atoms with E-state index in [1.54, 1.807) is 6.20 Å². The number of nitrogens with zero attached hydrogens (tertiary/aromatic N) is 8. The van der Waals surface area contributed by atoms with Crippen LogP contribution in [0.15, 0.2) is 148 Å². The van der Waals surface area contributed by atoms with Gasteiger partial charge in [0.15, 0.2) is 16.7 Å². The number of rotatable bonds is 6. The first-order chi connectivity index (χ1) is 38.1. The molecule has 13 rings (SSSR count). The summed E-state index contributed by atoms with van der Waals surface area (Å²) in [5, 5.41) is 6.50. The van der Waals surface area contributed by atoms with E-state index in [9.17, 15) is 0 Å². The number of hydrogen-bond donors (Lipinski definition) is 0. The second-order valence-corrected chi connectivity index (χ2v) is 21.8. The largest absolute Gasteiger partial charge is 0.454 e. The van der Waals surface area contributed by atoms with Gasteiger partial charge in [-0.15, -0.1) is 0 Å². The fourth-order valence-electron chi connectivity index (χ4n) is 11.3. The lowest BCUT2D eigenvalue weighted by Gasteiger charge is -2.34. The van der Waals surface area contributed by atoms with Crippen LogP contribution in [0.3, 0.4) is 0 Å². The van der Waals surface area contributed by atoms with Crippen molar-refractivity contribution < 1.29 is 17.4 Å². The zero-order valence-electron chi connectivity index (χ0n) is 49.9. The average Bonchev–Trinajstić information content (AvgIpc) is 4.47. The first kappa shape index (κ1) is 47.3. The average molecular weight is 1030 g/mol. The molecular weight excluding hydrogens is 953 g/mol. The van der Waals surface area contributed by atoms with Crippen LogP contribution in [0.25, 0.3) is 66.1 Å². The lowest BCUT2D eigenvalue weighted by molar-refractivity contribution is 0.383. The van der Waals surface area contributed by atoms with Crippen molar-refractivity contribution in [3.63, 3.8) is 0 Å². The number of aryl methyl sites for hydroxylation is 6. The summed E-state index contributed by atoms with van der Waals surface area (Å²) >= 11 is 0. The third-order valence-corrected chi connectivity index (χ3v) is 15.8. The summed E-state index contributed by atoms with van der Waals surface area (Å²) in [5.74, 6) is 0.895. The molecule has 0 unspecified atom stereocenters. The van der Waals surface area contributed by atoms with Crippen LogP contribution in [0.5, 0.6) is 0 Å². The summed E-state index contributed by atoms with van der Waals surface area (Å²) in [5.41, 5.74) is 18.7. The van der Waals surface area contributed by atoms with Gasteiger partial charge in [0.2, 0.25) is 11.4 Å². The number of para-hydroxylation sites is 1. The molecule has 0 saturated carbocycles. The number of pyridine rings is 2. The molecule has 3 atom stereocenters. The molecule has 3 aliphatic heterocycles. The molecule has 0 N–H and O–H groups in total. The summed E-state index contributed by atoms with van der Waals surface area (Å²) < 4.78 is 41.8. The molecule has 0 fully saturated rings. The molecule has 11 heteroatoms. The molecule has 77 heavy (non-hydrogen) atoms. The van der Waals surface area contributed by atoms with Crippen LogP contribution < -0.4 is 19.6 Å². The van der Waals surface area contributed by atoms with Gasteiger partial charge in [-0.3, -0.25) is 0 Å². The molecule has 10 aromatic rings. The van der Waals surface area contributed by atoms with E-state index in [1.807, 2.05) is 63.9 Å². The second kappa shape index (κ2) is 19.8. The molecule has 5 aromatic heterocycles. The zero-order chi connectivity index (χ0) is 56.8. The molecule has 0 spiro atoms. The first-order valence-electron chi connectivity index (χ1n) is 28.4. The van der Waals surface area contributed by atoms with Crippen molar-refractivity contribution in [2.45, 2.75) is 120 Å². The van der Waals surface area contributed by atoms with Gasteiger partial charge >= 0.3 is 0 Å². The summed E-state index contributed by atoms with van der Waals surface area (Å²) in [6, 6.07) is 34.0. The molecular formula is C66H72N8O3. The number of furan rings is 3. The van der Waals surface area contributed by atoms with Gasteiger partial charge in [0, 0.05) is 105 Å². The predicted molar refractivity (Wildman–Crippen MR) is 321 cm³/mol.